The van der Waals surface area contributed by atoms with Gasteiger partial charge < -0.3 is 10.4 Å². The summed E-state index contributed by atoms with van der Waals surface area (Å²) in [5.74, 6) is 0.292. The molecule has 2 rings (SSSR count). The molecule has 0 heterocycles. The third-order valence-corrected chi connectivity index (χ3v) is 4.12. The summed E-state index contributed by atoms with van der Waals surface area (Å²) >= 11 is 6.11. The van der Waals surface area contributed by atoms with E-state index >= 15 is 0 Å². The number of nitrogens with one attached hydrogen (secondary N) is 1. The highest BCUT2D eigenvalue weighted by Gasteiger charge is 2.12. The molecule has 18 heavy (non-hydrogen) atoms. The van der Waals surface area contributed by atoms with Crippen LogP contribution in [0.15, 0.2) is 18.2 Å². The Hall–Kier alpha value is -0.730. The third kappa shape index (κ3) is 3.89. The first-order valence-corrected chi connectivity index (χ1v) is 7.35. The zero-order chi connectivity index (χ0) is 12.8. The van der Waals surface area contributed by atoms with Gasteiger partial charge in [-0.2, -0.15) is 0 Å². The van der Waals surface area contributed by atoms with Crippen molar-refractivity contribution in [2.45, 2.75) is 57.5 Å². The lowest BCUT2D eigenvalue weighted by atomic mass is 9.96. The summed E-state index contributed by atoms with van der Waals surface area (Å²) in [7, 11) is 0. The second kappa shape index (κ2) is 7.01. The Bertz CT molecular complexity index is 353. The Labute approximate surface area is 114 Å². The molecule has 0 saturated heterocycles. The number of halogens is 1. The summed E-state index contributed by atoms with van der Waals surface area (Å²) in [5, 5.41) is 14.0. The van der Waals surface area contributed by atoms with Gasteiger partial charge in [0.25, 0.3) is 0 Å². The van der Waals surface area contributed by atoms with Crippen molar-refractivity contribution in [1.29, 1.82) is 0 Å². The van der Waals surface area contributed by atoms with Crippen LogP contribution in [-0.4, -0.2) is 11.1 Å². The second-order valence-corrected chi connectivity index (χ2v) is 5.57. The van der Waals surface area contributed by atoms with Crippen molar-refractivity contribution in [2.24, 2.45) is 0 Å². The molecule has 0 radical (unpaired) electrons. The minimum Gasteiger partial charge on any atom is -0.508 e. The fourth-order valence-corrected chi connectivity index (χ4v) is 2.87. The van der Waals surface area contributed by atoms with E-state index in [4.69, 9.17) is 11.6 Å². The third-order valence-electron chi connectivity index (χ3n) is 3.77. The summed E-state index contributed by atoms with van der Waals surface area (Å²) < 4.78 is 0. The Morgan fingerprint density at radius 3 is 2.44 bits per heavy atom. The standard InChI is InChI=1S/C15H22ClNO/c16-14-9-6-10-15(18)13(14)11-17-12-7-4-2-1-3-5-8-12/h6,9-10,12,17-18H,1-5,7-8,11H2. The van der Waals surface area contributed by atoms with Crippen LogP contribution in [0.5, 0.6) is 5.75 Å². The molecule has 1 aromatic carbocycles. The summed E-state index contributed by atoms with van der Waals surface area (Å²) in [6, 6.07) is 5.87. The molecule has 0 aliphatic heterocycles. The van der Waals surface area contributed by atoms with E-state index in [-0.39, 0.29) is 0 Å². The first-order chi connectivity index (χ1) is 8.77. The SMILES string of the molecule is Oc1cccc(Cl)c1CNC1CCCCCCC1. The van der Waals surface area contributed by atoms with E-state index < -0.39 is 0 Å². The number of hydrogen-bond donors (Lipinski definition) is 2. The predicted molar refractivity (Wildman–Crippen MR) is 76.1 cm³/mol. The zero-order valence-electron chi connectivity index (χ0n) is 10.8. The summed E-state index contributed by atoms with van der Waals surface area (Å²) in [4.78, 5) is 0. The first kappa shape index (κ1) is 13.7. The van der Waals surface area contributed by atoms with E-state index in [9.17, 15) is 5.11 Å². The highest BCUT2D eigenvalue weighted by Crippen LogP contribution is 2.25. The topological polar surface area (TPSA) is 32.3 Å². The number of hydrogen-bond acceptors (Lipinski definition) is 2. The van der Waals surface area contributed by atoms with Crippen molar-refractivity contribution in [3.05, 3.63) is 28.8 Å². The molecule has 2 N–H and O–H groups in total. The lowest BCUT2D eigenvalue weighted by Crippen LogP contribution is -2.29. The molecule has 1 fully saturated rings. The molecular formula is C15H22ClNO. The molecule has 0 bridgehead atoms. The van der Waals surface area contributed by atoms with Crippen LogP contribution in [0, 0.1) is 0 Å². The highest BCUT2D eigenvalue weighted by molar-refractivity contribution is 6.31. The van der Waals surface area contributed by atoms with Crippen molar-refractivity contribution >= 4 is 11.6 Å². The average Bonchev–Trinajstić information content (AvgIpc) is 2.30. The maximum atomic E-state index is 9.80. The van der Waals surface area contributed by atoms with E-state index in [2.05, 4.69) is 5.32 Å². The van der Waals surface area contributed by atoms with E-state index in [0.29, 0.717) is 23.4 Å². The number of rotatable bonds is 3. The molecule has 1 aliphatic carbocycles. The summed E-state index contributed by atoms with van der Waals surface area (Å²) in [5.41, 5.74) is 0.821. The maximum Gasteiger partial charge on any atom is 0.121 e. The molecule has 0 aromatic heterocycles. The van der Waals surface area contributed by atoms with Gasteiger partial charge in [-0.15, -0.1) is 0 Å². The van der Waals surface area contributed by atoms with Crippen molar-refractivity contribution < 1.29 is 5.11 Å². The van der Waals surface area contributed by atoms with Crippen LogP contribution >= 0.6 is 11.6 Å². The number of phenols is 1. The van der Waals surface area contributed by atoms with Gasteiger partial charge in [-0.3, -0.25) is 0 Å². The average molecular weight is 268 g/mol. The molecule has 3 heteroatoms. The lowest BCUT2D eigenvalue weighted by molar-refractivity contribution is 0.384. The number of aromatic hydroxyl groups is 1. The van der Waals surface area contributed by atoms with Gasteiger partial charge in [-0.1, -0.05) is 49.8 Å². The molecule has 2 nitrogen and oxygen atoms in total. The van der Waals surface area contributed by atoms with Gasteiger partial charge in [0.15, 0.2) is 0 Å². The van der Waals surface area contributed by atoms with Crippen molar-refractivity contribution in [3.63, 3.8) is 0 Å². The molecule has 1 saturated carbocycles. The molecule has 0 atom stereocenters. The van der Waals surface area contributed by atoms with E-state index in [1.165, 1.54) is 44.9 Å². The van der Waals surface area contributed by atoms with Gasteiger partial charge in [-0.25, -0.2) is 0 Å². The van der Waals surface area contributed by atoms with Gasteiger partial charge in [0.05, 0.1) is 0 Å². The minimum absolute atomic E-state index is 0.292. The minimum atomic E-state index is 0.292. The molecule has 1 aliphatic rings. The van der Waals surface area contributed by atoms with Crippen LogP contribution in [0.1, 0.15) is 50.5 Å². The van der Waals surface area contributed by atoms with Crippen LogP contribution in [0.25, 0.3) is 0 Å². The second-order valence-electron chi connectivity index (χ2n) is 5.16. The summed E-state index contributed by atoms with van der Waals surface area (Å²) in [6.45, 7) is 0.663. The van der Waals surface area contributed by atoms with E-state index in [0.717, 1.165) is 5.56 Å². The molecule has 100 valence electrons. The molecule has 0 unspecified atom stereocenters. The summed E-state index contributed by atoms with van der Waals surface area (Å²) in [6.07, 6.45) is 9.21. The predicted octanol–water partition coefficient (Wildman–Crippen LogP) is 4.25. The van der Waals surface area contributed by atoms with Crippen molar-refractivity contribution in [2.75, 3.05) is 0 Å². The quantitative estimate of drug-likeness (QED) is 0.858. The van der Waals surface area contributed by atoms with Crippen LogP contribution in [0.3, 0.4) is 0 Å². The van der Waals surface area contributed by atoms with Crippen LogP contribution < -0.4 is 5.32 Å². The zero-order valence-corrected chi connectivity index (χ0v) is 11.5. The number of phenolic OH excluding ortho intramolecular Hbond substituents is 1. The Balaban J connectivity index is 1.89. The van der Waals surface area contributed by atoms with Crippen LogP contribution in [-0.2, 0) is 6.54 Å². The van der Waals surface area contributed by atoms with Gasteiger partial charge in [0, 0.05) is 23.2 Å². The first-order valence-electron chi connectivity index (χ1n) is 6.97. The van der Waals surface area contributed by atoms with Gasteiger partial charge in [0.1, 0.15) is 5.75 Å². The highest BCUT2D eigenvalue weighted by atomic mass is 35.5. The van der Waals surface area contributed by atoms with Crippen molar-refractivity contribution in [1.82, 2.24) is 5.32 Å². The Kier molecular flexibility index (Phi) is 5.33. The molecular weight excluding hydrogens is 246 g/mol. The Morgan fingerprint density at radius 2 is 1.78 bits per heavy atom. The van der Waals surface area contributed by atoms with Gasteiger partial charge in [0.2, 0.25) is 0 Å². The van der Waals surface area contributed by atoms with E-state index in [1.54, 1.807) is 12.1 Å². The fourth-order valence-electron chi connectivity index (χ4n) is 2.63. The Morgan fingerprint density at radius 1 is 1.11 bits per heavy atom. The lowest BCUT2D eigenvalue weighted by Gasteiger charge is -2.21. The van der Waals surface area contributed by atoms with Crippen molar-refractivity contribution in [3.8, 4) is 5.75 Å². The molecule has 0 amide bonds. The monoisotopic (exact) mass is 267 g/mol. The fraction of sp³-hybridized carbons (Fsp3) is 0.600. The maximum absolute atomic E-state index is 9.80. The molecule has 1 aromatic rings. The van der Waals surface area contributed by atoms with Crippen LogP contribution in [0.2, 0.25) is 5.02 Å². The van der Waals surface area contributed by atoms with E-state index in [1.807, 2.05) is 6.07 Å². The number of benzene rings is 1. The molecule has 0 spiro atoms. The van der Waals surface area contributed by atoms with Crippen LogP contribution in [0.4, 0.5) is 0 Å². The smallest absolute Gasteiger partial charge is 0.121 e. The van der Waals surface area contributed by atoms with Gasteiger partial charge >= 0.3 is 0 Å². The largest absolute Gasteiger partial charge is 0.508 e. The van der Waals surface area contributed by atoms with Gasteiger partial charge in [-0.05, 0) is 25.0 Å². The normalized spacial score (nSPS) is 18.3.